The molecule has 1 nitrogen and oxygen atoms in total. The van der Waals surface area contributed by atoms with Gasteiger partial charge in [0.1, 0.15) is 0 Å². The van der Waals surface area contributed by atoms with Gasteiger partial charge in [-0.05, 0) is 6.92 Å². The number of hydrogen-bond donors (Lipinski definition) is 1. The van der Waals surface area contributed by atoms with Crippen molar-refractivity contribution < 1.29 is 0 Å². The van der Waals surface area contributed by atoms with Gasteiger partial charge in [-0.15, -0.1) is 11.3 Å². The van der Waals surface area contributed by atoms with E-state index in [4.69, 9.17) is 5.73 Å². The second-order valence-electron chi connectivity index (χ2n) is 2.16. The van der Waals surface area contributed by atoms with Crippen LogP contribution in [0.4, 0.5) is 5.69 Å². The van der Waals surface area contributed by atoms with Gasteiger partial charge in [-0.1, -0.05) is 24.8 Å². The molecule has 0 unspecified atom stereocenters. The Kier molecular flexibility index (Phi) is 2.49. The Labute approximate surface area is 70.2 Å². The lowest BCUT2D eigenvalue weighted by atomic mass is 10.3. The van der Waals surface area contributed by atoms with Gasteiger partial charge in [0.25, 0.3) is 0 Å². The minimum atomic E-state index is 0.836. The first-order chi connectivity index (χ1) is 5.29. The monoisotopic (exact) mass is 165 g/mol. The molecular weight excluding hydrogens is 154 g/mol. The fourth-order valence-corrected chi connectivity index (χ4v) is 1.75. The van der Waals surface area contributed by atoms with Crippen LogP contribution < -0.4 is 15.5 Å². The number of thiophene rings is 1. The van der Waals surface area contributed by atoms with Gasteiger partial charge < -0.3 is 5.73 Å². The summed E-state index contributed by atoms with van der Waals surface area (Å²) in [6, 6.07) is 0. The minimum Gasteiger partial charge on any atom is -0.398 e. The Balaban J connectivity index is 3.54. The van der Waals surface area contributed by atoms with Gasteiger partial charge in [-0.25, -0.2) is 0 Å². The third kappa shape index (κ3) is 1.52. The first kappa shape index (κ1) is 8.08. The number of allylic oxidation sites excluding steroid dienone is 1. The molecule has 11 heavy (non-hydrogen) atoms. The third-order valence-corrected chi connectivity index (χ3v) is 2.52. The van der Waals surface area contributed by atoms with Crippen LogP contribution in [-0.2, 0) is 0 Å². The summed E-state index contributed by atoms with van der Waals surface area (Å²) in [5, 5.41) is 3.04. The minimum absolute atomic E-state index is 0.836. The normalized spacial score (nSPS) is 13.9. The van der Waals surface area contributed by atoms with E-state index in [9.17, 15) is 0 Å². The summed E-state index contributed by atoms with van der Waals surface area (Å²) in [7, 11) is 0. The molecule has 2 heteroatoms. The Morgan fingerprint density at radius 2 is 2.36 bits per heavy atom. The number of hydrogen-bond acceptors (Lipinski definition) is 2. The van der Waals surface area contributed by atoms with Crippen molar-refractivity contribution in [1.29, 1.82) is 0 Å². The summed E-state index contributed by atoms with van der Waals surface area (Å²) in [5.74, 6) is 0. The maximum absolute atomic E-state index is 5.71. The zero-order valence-corrected chi connectivity index (χ0v) is 7.32. The van der Waals surface area contributed by atoms with E-state index in [2.05, 4.69) is 12.7 Å². The maximum atomic E-state index is 5.71. The fraction of sp³-hybridized carbons (Fsp3) is 0.111. The van der Waals surface area contributed by atoms with Crippen LogP contribution in [0.15, 0.2) is 18.0 Å². The highest BCUT2D eigenvalue weighted by molar-refractivity contribution is 7.08. The smallest absolute Gasteiger partial charge is 0.0502 e. The average Bonchev–Trinajstić information content (AvgIpc) is 2.34. The van der Waals surface area contributed by atoms with E-state index in [0.717, 1.165) is 10.9 Å². The third-order valence-electron chi connectivity index (χ3n) is 1.44. The first-order valence-electron chi connectivity index (χ1n) is 3.41. The van der Waals surface area contributed by atoms with Crippen LogP contribution in [0.5, 0.6) is 0 Å². The molecule has 0 aromatic carbocycles. The second-order valence-corrected chi connectivity index (χ2v) is 3.07. The van der Waals surface area contributed by atoms with Crippen LogP contribution in [-0.4, -0.2) is 0 Å². The summed E-state index contributed by atoms with van der Waals surface area (Å²) < 4.78 is 1.21. The molecule has 2 N–H and O–H groups in total. The number of anilines is 1. The summed E-state index contributed by atoms with van der Waals surface area (Å²) >= 11 is 1.66. The Hall–Kier alpha value is -1.02. The lowest BCUT2D eigenvalue weighted by Crippen LogP contribution is -2.20. The lowest BCUT2D eigenvalue weighted by Gasteiger charge is -1.80. The lowest BCUT2D eigenvalue weighted by molar-refractivity contribution is 1.67. The fourth-order valence-electron chi connectivity index (χ4n) is 0.916. The molecule has 0 aliphatic rings. The van der Waals surface area contributed by atoms with Crippen LogP contribution in [0.3, 0.4) is 0 Å². The van der Waals surface area contributed by atoms with Gasteiger partial charge in [0.05, 0.1) is 5.69 Å². The molecule has 0 radical (unpaired) electrons. The van der Waals surface area contributed by atoms with Gasteiger partial charge in [0.15, 0.2) is 0 Å². The number of rotatable bonds is 1. The molecule has 0 aliphatic carbocycles. The van der Waals surface area contributed by atoms with Crippen LogP contribution >= 0.6 is 11.3 Å². The molecule has 0 fully saturated rings. The quantitative estimate of drug-likeness (QED) is 0.662. The van der Waals surface area contributed by atoms with Crippen LogP contribution in [0.2, 0.25) is 0 Å². The predicted molar refractivity (Wildman–Crippen MR) is 52.8 cm³/mol. The topological polar surface area (TPSA) is 26.0 Å². The SMILES string of the molecule is C=C/C=c1/c(N)cs/c1=C/C. The van der Waals surface area contributed by atoms with Crippen molar-refractivity contribution in [2.24, 2.45) is 0 Å². The first-order valence-corrected chi connectivity index (χ1v) is 4.29. The van der Waals surface area contributed by atoms with Gasteiger partial charge in [0, 0.05) is 15.1 Å². The molecule has 0 aliphatic heterocycles. The van der Waals surface area contributed by atoms with Gasteiger partial charge in [-0.2, -0.15) is 0 Å². The molecule has 0 amide bonds. The zero-order valence-electron chi connectivity index (χ0n) is 6.50. The highest BCUT2D eigenvalue weighted by atomic mass is 32.1. The molecule has 1 aromatic heterocycles. The standard InChI is InChI=1S/C9H11NS/c1-3-5-7-8(10)6-11-9(7)4-2/h3-6H,1,10H2,2H3/b7-5-,9-4+. The van der Waals surface area contributed by atoms with Crippen molar-refractivity contribution in [3.05, 3.63) is 27.8 Å². The molecule has 58 valence electrons. The molecule has 1 aromatic rings. The summed E-state index contributed by atoms with van der Waals surface area (Å²) in [4.78, 5) is 0. The van der Waals surface area contributed by atoms with E-state index in [0.29, 0.717) is 0 Å². The van der Waals surface area contributed by atoms with Crippen molar-refractivity contribution in [3.8, 4) is 0 Å². The molecule has 0 saturated carbocycles. The highest BCUT2D eigenvalue weighted by Crippen LogP contribution is 1.94. The van der Waals surface area contributed by atoms with E-state index in [1.807, 2.05) is 18.4 Å². The summed E-state index contributed by atoms with van der Waals surface area (Å²) in [6.45, 7) is 5.64. The second kappa shape index (κ2) is 3.39. The highest BCUT2D eigenvalue weighted by Gasteiger charge is 1.90. The van der Waals surface area contributed by atoms with Crippen LogP contribution in [0, 0.1) is 0 Å². The molecule has 0 bridgehead atoms. The van der Waals surface area contributed by atoms with Crippen LogP contribution in [0.25, 0.3) is 12.2 Å². The molecule has 0 atom stereocenters. The van der Waals surface area contributed by atoms with Crippen molar-refractivity contribution in [1.82, 2.24) is 0 Å². The number of nitrogens with two attached hydrogens (primary N) is 1. The van der Waals surface area contributed by atoms with Gasteiger partial charge >= 0.3 is 0 Å². The van der Waals surface area contributed by atoms with Crippen molar-refractivity contribution >= 4 is 29.2 Å². The van der Waals surface area contributed by atoms with E-state index in [1.165, 1.54) is 4.53 Å². The molecule has 1 rings (SSSR count). The summed E-state index contributed by atoms with van der Waals surface area (Å²) in [5.41, 5.74) is 6.55. The van der Waals surface area contributed by atoms with E-state index in [1.54, 1.807) is 17.4 Å². The van der Waals surface area contributed by atoms with Gasteiger partial charge in [-0.3, -0.25) is 0 Å². The predicted octanol–water partition coefficient (Wildman–Crippen LogP) is 1.10. The zero-order chi connectivity index (χ0) is 8.27. The van der Waals surface area contributed by atoms with E-state index >= 15 is 0 Å². The van der Waals surface area contributed by atoms with E-state index < -0.39 is 0 Å². The molecular formula is C9H11NS. The average molecular weight is 165 g/mol. The number of nitrogen functional groups attached to an aromatic ring is 1. The van der Waals surface area contributed by atoms with Crippen molar-refractivity contribution in [3.63, 3.8) is 0 Å². The van der Waals surface area contributed by atoms with Gasteiger partial charge in [0.2, 0.25) is 0 Å². The molecule has 1 heterocycles. The Morgan fingerprint density at radius 3 is 2.91 bits per heavy atom. The largest absolute Gasteiger partial charge is 0.398 e. The molecule has 0 saturated heterocycles. The Bertz CT molecular complexity index is 359. The van der Waals surface area contributed by atoms with Crippen molar-refractivity contribution in [2.75, 3.05) is 5.73 Å². The Morgan fingerprint density at radius 1 is 1.64 bits per heavy atom. The van der Waals surface area contributed by atoms with E-state index in [-0.39, 0.29) is 0 Å². The van der Waals surface area contributed by atoms with Crippen LogP contribution in [0.1, 0.15) is 6.92 Å². The summed E-state index contributed by atoms with van der Waals surface area (Å²) in [6.07, 6.45) is 5.74. The van der Waals surface area contributed by atoms with Crippen molar-refractivity contribution in [2.45, 2.75) is 6.92 Å². The maximum Gasteiger partial charge on any atom is 0.0502 e. The molecule has 0 spiro atoms.